The summed E-state index contributed by atoms with van der Waals surface area (Å²) in [6.45, 7) is 1.91. The number of carbonyl (C=O) groups excluding carboxylic acids is 2. The number of amides is 2. The number of methoxy groups -OCH3 is 1. The van der Waals surface area contributed by atoms with Crippen molar-refractivity contribution >= 4 is 28.5 Å². The first-order valence-electron chi connectivity index (χ1n) is 15.5. The van der Waals surface area contributed by atoms with E-state index in [0.29, 0.717) is 56.8 Å². The molecule has 4 aromatic rings. The standard InChI is InChI=1S/C36H42N6O3/c1-45-33-22-28-16-9-8-15-27(28)21-30(33)34(43)40-23-29-18-20-42(35(44)32(41-29)17-10-19-39-36(37)38)24-31(25-11-4-2-5-12-25)26-13-6-3-7-14-26/h2-9,11-16,21-22,29,31-32,41H,10,17-20,23-24H2,1H3,(H,40,43)(H4,37,38,39)/t29-,32-/m0/s1. The highest BCUT2D eigenvalue weighted by Crippen LogP contribution is 2.28. The SMILES string of the molecule is COc1cc2ccccc2cc1C(=O)NC[C@@H]1CCN(CC(c2ccccc2)c2ccccc2)C(=O)[C@H](CCCN=C(N)N)N1. The number of aliphatic imine (C=N–C) groups is 1. The molecule has 4 aromatic carbocycles. The predicted molar refractivity (Wildman–Crippen MR) is 179 cm³/mol. The van der Waals surface area contributed by atoms with Crippen LogP contribution < -0.4 is 26.8 Å². The zero-order valence-corrected chi connectivity index (χ0v) is 25.7. The third-order valence-electron chi connectivity index (χ3n) is 8.37. The van der Waals surface area contributed by atoms with Crippen LogP contribution in [0, 0.1) is 0 Å². The molecule has 9 nitrogen and oxygen atoms in total. The minimum absolute atomic E-state index is 0.0234. The normalized spacial score (nSPS) is 16.8. The van der Waals surface area contributed by atoms with E-state index in [9.17, 15) is 9.59 Å². The zero-order valence-electron chi connectivity index (χ0n) is 25.7. The number of nitrogens with two attached hydrogens (primary N) is 2. The van der Waals surface area contributed by atoms with E-state index in [4.69, 9.17) is 16.2 Å². The van der Waals surface area contributed by atoms with Crippen molar-refractivity contribution in [1.29, 1.82) is 0 Å². The summed E-state index contributed by atoms with van der Waals surface area (Å²) < 4.78 is 5.56. The molecule has 0 radical (unpaired) electrons. The van der Waals surface area contributed by atoms with Gasteiger partial charge in [0.05, 0.1) is 18.7 Å². The van der Waals surface area contributed by atoms with Crippen molar-refractivity contribution in [2.75, 3.05) is 33.3 Å². The molecule has 45 heavy (non-hydrogen) atoms. The highest BCUT2D eigenvalue weighted by atomic mass is 16.5. The zero-order chi connectivity index (χ0) is 31.6. The van der Waals surface area contributed by atoms with E-state index in [0.717, 1.165) is 21.9 Å². The topological polar surface area (TPSA) is 135 Å². The van der Waals surface area contributed by atoms with Gasteiger partial charge in [0.15, 0.2) is 5.96 Å². The summed E-state index contributed by atoms with van der Waals surface area (Å²) in [5.41, 5.74) is 13.9. The number of rotatable bonds is 12. The third kappa shape index (κ3) is 8.19. The molecule has 2 amide bonds. The lowest BCUT2D eigenvalue weighted by molar-refractivity contribution is -0.133. The van der Waals surface area contributed by atoms with Crippen LogP contribution in [-0.4, -0.2) is 68.0 Å². The lowest BCUT2D eigenvalue weighted by atomic mass is 9.90. The van der Waals surface area contributed by atoms with E-state index < -0.39 is 6.04 Å². The smallest absolute Gasteiger partial charge is 0.255 e. The van der Waals surface area contributed by atoms with Gasteiger partial charge in [0.2, 0.25) is 5.91 Å². The van der Waals surface area contributed by atoms with E-state index in [1.807, 2.05) is 77.7 Å². The molecule has 0 aliphatic carbocycles. The first kappa shape index (κ1) is 31.5. The highest BCUT2D eigenvalue weighted by molar-refractivity contribution is 6.01. The van der Waals surface area contributed by atoms with E-state index in [1.54, 1.807) is 7.11 Å². The molecule has 0 unspecified atom stereocenters. The van der Waals surface area contributed by atoms with Gasteiger partial charge in [-0.25, -0.2) is 0 Å². The van der Waals surface area contributed by atoms with Crippen LogP contribution in [0.1, 0.15) is 46.7 Å². The predicted octanol–water partition coefficient (Wildman–Crippen LogP) is 4.02. The summed E-state index contributed by atoms with van der Waals surface area (Å²) in [5.74, 6) is 0.406. The number of nitrogens with zero attached hydrogens (tertiary/aromatic N) is 2. The van der Waals surface area contributed by atoms with Crippen LogP contribution in [0.15, 0.2) is 102 Å². The van der Waals surface area contributed by atoms with Crippen LogP contribution in [0.2, 0.25) is 0 Å². The third-order valence-corrected chi connectivity index (χ3v) is 8.37. The lowest BCUT2D eigenvalue weighted by Crippen LogP contribution is -2.49. The molecule has 0 bridgehead atoms. The number of ether oxygens (including phenoxy) is 1. The summed E-state index contributed by atoms with van der Waals surface area (Å²) in [6.07, 6.45) is 1.89. The Bertz CT molecular complexity index is 1570. The summed E-state index contributed by atoms with van der Waals surface area (Å²) in [5, 5.41) is 8.61. The fourth-order valence-corrected chi connectivity index (χ4v) is 6.01. The molecule has 5 rings (SSSR count). The summed E-state index contributed by atoms with van der Waals surface area (Å²) in [6, 6.07) is 31.7. The number of hydrogen-bond acceptors (Lipinski definition) is 5. The fourth-order valence-electron chi connectivity index (χ4n) is 6.01. The molecular weight excluding hydrogens is 564 g/mol. The van der Waals surface area contributed by atoms with Crippen LogP contribution in [0.4, 0.5) is 0 Å². The number of nitrogens with one attached hydrogen (secondary N) is 2. The quantitative estimate of drug-likeness (QED) is 0.109. The van der Waals surface area contributed by atoms with E-state index in [2.05, 4.69) is 39.9 Å². The van der Waals surface area contributed by atoms with Crippen LogP contribution in [0.3, 0.4) is 0 Å². The minimum atomic E-state index is -0.439. The molecule has 1 saturated heterocycles. The average Bonchev–Trinajstić information content (AvgIpc) is 3.22. The molecule has 1 heterocycles. The van der Waals surface area contributed by atoms with Gasteiger partial charge in [-0.2, -0.15) is 0 Å². The Morgan fingerprint density at radius 1 is 0.978 bits per heavy atom. The fraction of sp³-hybridized carbons (Fsp3) is 0.306. The summed E-state index contributed by atoms with van der Waals surface area (Å²) in [4.78, 5) is 33.5. The second-order valence-corrected chi connectivity index (χ2v) is 11.4. The monoisotopic (exact) mass is 606 g/mol. The summed E-state index contributed by atoms with van der Waals surface area (Å²) >= 11 is 0. The van der Waals surface area contributed by atoms with Crippen molar-refractivity contribution in [3.63, 3.8) is 0 Å². The van der Waals surface area contributed by atoms with Crippen molar-refractivity contribution in [2.24, 2.45) is 16.5 Å². The molecule has 1 fully saturated rings. The number of carbonyl (C=O) groups is 2. The van der Waals surface area contributed by atoms with Crippen LogP contribution >= 0.6 is 0 Å². The van der Waals surface area contributed by atoms with Crippen molar-refractivity contribution in [3.05, 3.63) is 114 Å². The molecule has 6 N–H and O–H groups in total. The van der Waals surface area contributed by atoms with Crippen molar-refractivity contribution in [3.8, 4) is 5.75 Å². The Labute approximate surface area is 264 Å². The van der Waals surface area contributed by atoms with Gasteiger partial charge in [-0.15, -0.1) is 0 Å². The number of hydrogen-bond donors (Lipinski definition) is 4. The van der Waals surface area contributed by atoms with E-state index in [1.165, 1.54) is 0 Å². The van der Waals surface area contributed by atoms with Gasteiger partial charge < -0.3 is 31.7 Å². The second kappa shape index (κ2) is 15.2. The Morgan fingerprint density at radius 3 is 2.22 bits per heavy atom. The number of guanidine groups is 1. The maximum absolute atomic E-state index is 14.1. The van der Waals surface area contributed by atoms with Crippen LogP contribution in [0.5, 0.6) is 5.75 Å². The van der Waals surface area contributed by atoms with Gasteiger partial charge in [-0.1, -0.05) is 84.9 Å². The van der Waals surface area contributed by atoms with Crippen molar-refractivity contribution in [2.45, 2.75) is 37.3 Å². The molecular formula is C36H42N6O3. The van der Waals surface area contributed by atoms with Crippen LogP contribution in [-0.2, 0) is 4.79 Å². The second-order valence-electron chi connectivity index (χ2n) is 11.4. The van der Waals surface area contributed by atoms with E-state index >= 15 is 0 Å². The highest BCUT2D eigenvalue weighted by Gasteiger charge is 2.32. The molecule has 234 valence electrons. The Hall–Kier alpha value is -4.89. The van der Waals surface area contributed by atoms with E-state index in [-0.39, 0.29) is 29.7 Å². The molecule has 2 atom stereocenters. The Morgan fingerprint density at radius 2 is 1.60 bits per heavy atom. The first-order chi connectivity index (χ1) is 21.9. The maximum atomic E-state index is 14.1. The molecule has 0 aromatic heterocycles. The lowest BCUT2D eigenvalue weighted by Gasteiger charge is -2.29. The van der Waals surface area contributed by atoms with Gasteiger partial charge in [0.1, 0.15) is 5.75 Å². The molecule has 0 saturated carbocycles. The molecule has 1 aliphatic heterocycles. The number of benzene rings is 4. The van der Waals surface area contributed by atoms with Gasteiger partial charge in [-0.05, 0) is 53.3 Å². The first-order valence-corrected chi connectivity index (χ1v) is 15.5. The van der Waals surface area contributed by atoms with Gasteiger partial charge in [0.25, 0.3) is 5.91 Å². The van der Waals surface area contributed by atoms with Gasteiger partial charge in [0, 0.05) is 38.1 Å². The average molecular weight is 607 g/mol. The van der Waals surface area contributed by atoms with Crippen LogP contribution in [0.25, 0.3) is 10.8 Å². The van der Waals surface area contributed by atoms with Gasteiger partial charge in [-0.3, -0.25) is 14.6 Å². The Kier molecular flexibility index (Phi) is 10.7. The minimum Gasteiger partial charge on any atom is -0.496 e. The number of fused-ring (bicyclic) bond motifs is 1. The molecule has 0 spiro atoms. The van der Waals surface area contributed by atoms with Gasteiger partial charge >= 0.3 is 0 Å². The van der Waals surface area contributed by atoms with Crippen molar-refractivity contribution < 1.29 is 14.3 Å². The largest absolute Gasteiger partial charge is 0.496 e. The summed E-state index contributed by atoms with van der Waals surface area (Å²) in [7, 11) is 1.57. The maximum Gasteiger partial charge on any atom is 0.255 e. The Balaban J connectivity index is 1.33. The van der Waals surface area contributed by atoms with Crippen molar-refractivity contribution in [1.82, 2.24) is 15.5 Å². The molecule has 1 aliphatic rings. The molecule has 9 heteroatoms.